The average molecular weight is 233 g/mol. The zero-order chi connectivity index (χ0) is 11.8. The second-order valence-corrected chi connectivity index (χ2v) is 5.68. The molecule has 0 bridgehead atoms. The first kappa shape index (κ1) is 12.2. The summed E-state index contributed by atoms with van der Waals surface area (Å²) in [6.45, 7) is 6.02. The highest BCUT2D eigenvalue weighted by Crippen LogP contribution is 2.47. The van der Waals surface area contributed by atoms with E-state index < -0.39 is 5.92 Å². The summed E-state index contributed by atoms with van der Waals surface area (Å²) >= 11 is 0. The second kappa shape index (κ2) is 4.22. The maximum atomic E-state index is 13.0. The van der Waals surface area contributed by atoms with Crippen LogP contribution in [0.1, 0.15) is 33.1 Å². The fourth-order valence-corrected chi connectivity index (χ4v) is 2.28. The third kappa shape index (κ3) is 3.14. The van der Waals surface area contributed by atoms with Gasteiger partial charge in [0.25, 0.3) is 5.92 Å². The van der Waals surface area contributed by atoms with E-state index in [1.165, 1.54) is 0 Å². The van der Waals surface area contributed by atoms with Gasteiger partial charge in [-0.2, -0.15) is 0 Å². The molecule has 2 fully saturated rings. The quantitative estimate of drug-likeness (QED) is 0.723. The van der Waals surface area contributed by atoms with Crippen molar-refractivity contribution in [2.75, 3.05) is 26.2 Å². The lowest BCUT2D eigenvalue weighted by molar-refractivity contribution is 0.00261. The molecule has 1 saturated heterocycles. The first-order chi connectivity index (χ1) is 7.41. The summed E-state index contributed by atoms with van der Waals surface area (Å²) in [4.78, 5) is 1.90. The lowest BCUT2D eigenvalue weighted by Gasteiger charge is -2.23. The molecule has 0 spiro atoms. The first-order valence-corrected chi connectivity index (χ1v) is 6.13. The van der Waals surface area contributed by atoms with Gasteiger partial charge in [0.05, 0.1) is 19.3 Å². The van der Waals surface area contributed by atoms with Crippen LogP contribution >= 0.6 is 0 Å². The van der Waals surface area contributed by atoms with E-state index >= 15 is 0 Å². The lowest BCUT2D eigenvalue weighted by atomic mass is 10.1. The van der Waals surface area contributed by atoms with E-state index in [1.54, 1.807) is 0 Å². The van der Waals surface area contributed by atoms with E-state index in [2.05, 4.69) is 0 Å². The molecule has 0 atom stereocenters. The highest BCUT2D eigenvalue weighted by molar-refractivity contribution is 4.97. The van der Waals surface area contributed by atoms with Crippen molar-refractivity contribution in [3.05, 3.63) is 0 Å². The number of hydrogen-bond acceptors (Lipinski definition) is 2. The van der Waals surface area contributed by atoms with Gasteiger partial charge in [0.1, 0.15) is 0 Å². The number of hydrogen-bond donors (Lipinski definition) is 0. The monoisotopic (exact) mass is 233 g/mol. The van der Waals surface area contributed by atoms with Gasteiger partial charge in [0, 0.05) is 24.9 Å². The van der Waals surface area contributed by atoms with Crippen molar-refractivity contribution >= 4 is 0 Å². The lowest BCUT2D eigenvalue weighted by Crippen LogP contribution is -2.33. The van der Waals surface area contributed by atoms with Crippen molar-refractivity contribution in [1.82, 2.24) is 4.90 Å². The minimum absolute atomic E-state index is 0.0219. The molecule has 4 heteroatoms. The molecular weight excluding hydrogens is 212 g/mol. The van der Waals surface area contributed by atoms with E-state index in [1.807, 2.05) is 18.7 Å². The third-order valence-corrected chi connectivity index (χ3v) is 3.49. The number of ether oxygens (including phenoxy) is 1. The molecule has 0 aromatic heterocycles. The van der Waals surface area contributed by atoms with Crippen LogP contribution in [0.25, 0.3) is 0 Å². The van der Waals surface area contributed by atoms with Crippen LogP contribution < -0.4 is 0 Å². The molecule has 2 aliphatic rings. The van der Waals surface area contributed by atoms with Crippen molar-refractivity contribution in [3.8, 4) is 0 Å². The Hall–Kier alpha value is -0.220. The zero-order valence-electron chi connectivity index (χ0n) is 10.1. The van der Waals surface area contributed by atoms with Gasteiger partial charge < -0.3 is 4.74 Å². The van der Waals surface area contributed by atoms with Crippen molar-refractivity contribution in [2.24, 2.45) is 5.41 Å². The van der Waals surface area contributed by atoms with E-state index in [-0.39, 0.29) is 24.5 Å². The van der Waals surface area contributed by atoms with Gasteiger partial charge in [0.15, 0.2) is 0 Å². The summed E-state index contributed by atoms with van der Waals surface area (Å²) in [5.41, 5.74) is 0.185. The molecule has 1 heterocycles. The fraction of sp³-hybridized carbons (Fsp3) is 1.00. The van der Waals surface area contributed by atoms with Crippen LogP contribution in [0.2, 0.25) is 0 Å². The number of likely N-dealkylation sites (tertiary alicyclic amines) is 1. The van der Waals surface area contributed by atoms with Gasteiger partial charge in [-0.05, 0) is 26.7 Å². The Bertz CT molecular complexity index is 251. The van der Waals surface area contributed by atoms with Gasteiger partial charge >= 0.3 is 0 Å². The van der Waals surface area contributed by atoms with Crippen LogP contribution in [0, 0.1) is 5.41 Å². The van der Waals surface area contributed by atoms with Crippen molar-refractivity contribution in [2.45, 2.75) is 45.1 Å². The SMILES string of the molecule is CC(C)OCC1(CN2CCC(F)(F)C2)CC1. The van der Waals surface area contributed by atoms with Crippen LogP contribution in [-0.2, 0) is 4.74 Å². The fourth-order valence-electron chi connectivity index (χ4n) is 2.28. The molecule has 1 saturated carbocycles. The Balaban J connectivity index is 1.77. The maximum absolute atomic E-state index is 13.0. The molecule has 1 aliphatic heterocycles. The Morgan fingerprint density at radius 3 is 2.38 bits per heavy atom. The maximum Gasteiger partial charge on any atom is 0.261 e. The third-order valence-electron chi connectivity index (χ3n) is 3.49. The van der Waals surface area contributed by atoms with Gasteiger partial charge in [-0.15, -0.1) is 0 Å². The Morgan fingerprint density at radius 1 is 1.25 bits per heavy atom. The number of nitrogens with zero attached hydrogens (tertiary/aromatic N) is 1. The summed E-state index contributed by atoms with van der Waals surface area (Å²) in [5, 5.41) is 0. The van der Waals surface area contributed by atoms with Crippen LogP contribution in [0.5, 0.6) is 0 Å². The van der Waals surface area contributed by atoms with E-state index in [0.717, 1.165) is 26.0 Å². The molecule has 16 heavy (non-hydrogen) atoms. The Morgan fingerprint density at radius 2 is 1.94 bits per heavy atom. The zero-order valence-corrected chi connectivity index (χ0v) is 10.1. The Labute approximate surface area is 95.9 Å². The van der Waals surface area contributed by atoms with Gasteiger partial charge in [0.2, 0.25) is 0 Å². The smallest absolute Gasteiger partial charge is 0.261 e. The van der Waals surface area contributed by atoms with Gasteiger partial charge in [-0.1, -0.05) is 0 Å². The molecule has 0 unspecified atom stereocenters. The summed E-state index contributed by atoms with van der Waals surface area (Å²) in [7, 11) is 0. The van der Waals surface area contributed by atoms with E-state index in [0.29, 0.717) is 6.54 Å². The molecular formula is C12H21F2NO. The summed E-state index contributed by atoms with van der Waals surface area (Å²) in [6, 6.07) is 0. The van der Waals surface area contributed by atoms with Gasteiger partial charge in [-0.3, -0.25) is 4.90 Å². The van der Waals surface area contributed by atoms with Crippen LogP contribution in [0.3, 0.4) is 0 Å². The highest BCUT2D eigenvalue weighted by atomic mass is 19.3. The predicted molar refractivity (Wildman–Crippen MR) is 58.8 cm³/mol. The van der Waals surface area contributed by atoms with Crippen molar-refractivity contribution < 1.29 is 13.5 Å². The molecule has 94 valence electrons. The molecule has 0 aromatic rings. The number of halogens is 2. The van der Waals surface area contributed by atoms with Crippen molar-refractivity contribution in [1.29, 1.82) is 0 Å². The summed E-state index contributed by atoms with van der Waals surface area (Å²) in [6.07, 6.45) is 2.51. The minimum atomic E-state index is -2.46. The normalized spacial score (nSPS) is 27.6. The van der Waals surface area contributed by atoms with Crippen LogP contribution in [0.4, 0.5) is 8.78 Å². The standard InChI is InChI=1S/C12H21F2NO/c1-10(2)16-9-11(3-4-11)7-15-6-5-12(13,14)8-15/h10H,3-9H2,1-2H3. The molecule has 2 rings (SSSR count). The Kier molecular flexibility index (Phi) is 3.23. The first-order valence-electron chi connectivity index (χ1n) is 6.13. The molecule has 1 aliphatic carbocycles. The summed E-state index contributed by atoms with van der Waals surface area (Å²) < 4.78 is 31.7. The highest BCUT2D eigenvalue weighted by Gasteiger charge is 2.47. The molecule has 0 radical (unpaired) electrons. The number of alkyl halides is 2. The predicted octanol–water partition coefficient (Wildman–Crippen LogP) is 2.53. The largest absolute Gasteiger partial charge is 0.378 e. The van der Waals surface area contributed by atoms with E-state index in [4.69, 9.17) is 4.74 Å². The average Bonchev–Trinajstić information content (AvgIpc) is 2.84. The topological polar surface area (TPSA) is 12.5 Å². The molecule has 0 amide bonds. The minimum Gasteiger partial charge on any atom is -0.378 e. The molecule has 0 aromatic carbocycles. The summed E-state index contributed by atoms with van der Waals surface area (Å²) in [5.74, 6) is -2.46. The molecule has 0 N–H and O–H groups in total. The molecule has 2 nitrogen and oxygen atoms in total. The number of rotatable bonds is 5. The van der Waals surface area contributed by atoms with Crippen molar-refractivity contribution in [3.63, 3.8) is 0 Å². The van der Waals surface area contributed by atoms with Crippen LogP contribution in [0.15, 0.2) is 0 Å². The van der Waals surface area contributed by atoms with Gasteiger partial charge in [-0.25, -0.2) is 8.78 Å². The second-order valence-electron chi connectivity index (χ2n) is 5.68. The van der Waals surface area contributed by atoms with Crippen LogP contribution in [-0.4, -0.2) is 43.2 Å². The van der Waals surface area contributed by atoms with E-state index in [9.17, 15) is 8.78 Å².